The van der Waals surface area contributed by atoms with Crippen LogP contribution in [0.3, 0.4) is 0 Å². The molecule has 2 N–H and O–H groups in total. The Bertz CT molecular complexity index is 421. The Labute approximate surface area is 114 Å². The van der Waals surface area contributed by atoms with Crippen molar-refractivity contribution in [2.24, 2.45) is 0 Å². The standard InChI is InChI=1S/C14H22N2O3/c1-4-18-9-8-16(3)13-7-6-11(15)10-12(13)14(17)19-5-2/h6-7,10H,4-5,8-9,15H2,1-3H3. The van der Waals surface area contributed by atoms with E-state index in [9.17, 15) is 4.79 Å². The molecule has 0 aliphatic carbocycles. The first kappa shape index (κ1) is 15.3. The lowest BCUT2D eigenvalue weighted by atomic mass is 10.1. The van der Waals surface area contributed by atoms with Gasteiger partial charge in [-0.1, -0.05) is 0 Å². The molecular weight excluding hydrogens is 244 g/mol. The average molecular weight is 266 g/mol. The van der Waals surface area contributed by atoms with Gasteiger partial charge in [0.2, 0.25) is 0 Å². The van der Waals surface area contributed by atoms with E-state index in [0.29, 0.717) is 37.6 Å². The van der Waals surface area contributed by atoms with Crippen molar-refractivity contribution >= 4 is 17.3 Å². The largest absolute Gasteiger partial charge is 0.462 e. The van der Waals surface area contributed by atoms with Gasteiger partial charge in [-0.05, 0) is 32.0 Å². The first-order chi connectivity index (χ1) is 9.10. The van der Waals surface area contributed by atoms with E-state index in [2.05, 4.69) is 0 Å². The van der Waals surface area contributed by atoms with Crippen LogP contribution in [0.5, 0.6) is 0 Å². The molecule has 1 aromatic rings. The summed E-state index contributed by atoms with van der Waals surface area (Å²) in [7, 11) is 1.91. The van der Waals surface area contributed by atoms with Crippen LogP contribution in [-0.4, -0.2) is 39.4 Å². The molecule has 0 saturated heterocycles. The number of likely N-dealkylation sites (N-methyl/N-ethyl adjacent to an activating group) is 1. The van der Waals surface area contributed by atoms with Gasteiger partial charge < -0.3 is 20.1 Å². The van der Waals surface area contributed by atoms with Gasteiger partial charge in [-0.15, -0.1) is 0 Å². The van der Waals surface area contributed by atoms with Crippen molar-refractivity contribution in [1.82, 2.24) is 0 Å². The quantitative estimate of drug-likeness (QED) is 0.464. The molecular formula is C14H22N2O3. The minimum atomic E-state index is -0.354. The molecule has 0 aliphatic rings. The Kier molecular flexibility index (Phi) is 6.15. The van der Waals surface area contributed by atoms with Gasteiger partial charge in [-0.3, -0.25) is 0 Å². The summed E-state index contributed by atoms with van der Waals surface area (Å²) in [4.78, 5) is 13.9. The molecule has 0 amide bonds. The van der Waals surface area contributed by atoms with Crippen molar-refractivity contribution in [2.75, 3.05) is 44.0 Å². The minimum Gasteiger partial charge on any atom is -0.462 e. The van der Waals surface area contributed by atoms with Crippen LogP contribution in [0.1, 0.15) is 24.2 Å². The fourth-order valence-electron chi connectivity index (χ4n) is 1.73. The smallest absolute Gasteiger partial charge is 0.340 e. The van der Waals surface area contributed by atoms with Crippen LogP contribution in [0.4, 0.5) is 11.4 Å². The molecule has 0 radical (unpaired) electrons. The number of anilines is 2. The first-order valence-electron chi connectivity index (χ1n) is 6.45. The van der Waals surface area contributed by atoms with E-state index in [1.54, 1.807) is 19.1 Å². The molecule has 0 fully saturated rings. The molecule has 1 rings (SSSR count). The topological polar surface area (TPSA) is 64.8 Å². The number of nitrogens with two attached hydrogens (primary N) is 1. The molecule has 19 heavy (non-hydrogen) atoms. The summed E-state index contributed by atoms with van der Waals surface area (Å²) in [5.41, 5.74) is 7.56. The van der Waals surface area contributed by atoms with Crippen LogP contribution in [0.15, 0.2) is 18.2 Å². The number of hydrogen-bond acceptors (Lipinski definition) is 5. The summed E-state index contributed by atoms with van der Waals surface area (Å²) < 4.78 is 10.4. The summed E-state index contributed by atoms with van der Waals surface area (Å²) in [5, 5.41) is 0. The van der Waals surface area contributed by atoms with Crippen LogP contribution in [-0.2, 0) is 9.47 Å². The lowest BCUT2D eigenvalue weighted by Gasteiger charge is -2.22. The molecule has 0 bridgehead atoms. The summed E-state index contributed by atoms with van der Waals surface area (Å²) in [5.74, 6) is -0.354. The van der Waals surface area contributed by atoms with Gasteiger partial charge in [0.05, 0.1) is 24.5 Å². The number of carbonyl (C=O) groups excluding carboxylic acids is 1. The third kappa shape index (κ3) is 4.44. The number of rotatable bonds is 7. The Morgan fingerprint density at radius 3 is 2.68 bits per heavy atom. The maximum Gasteiger partial charge on any atom is 0.340 e. The van der Waals surface area contributed by atoms with Crippen molar-refractivity contribution in [2.45, 2.75) is 13.8 Å². The van der Waals surface area contributed by atoms with Gasteiger partial charge in [-0.25, -0.2) is 4.79 Å². The fourth-order valence-corrected chi connectivity index (χ4v) is 1.73. The van der Waals surface area contributed by atoms with Gasteiger partial charge in [0.25, 0.3) is 0 Å². The van der Waals surface area contributed by atoms with Crippen molar-refractivity contribution < 1.29 is 14.3 Å². The number of ether oxygens (including phenoxy) is 2. The molecule has 5 heteroatoms. The van der Waals surface area contributed by atoms with Crippen LogP contribution in [0, 0.1) is 0 Å². The first-order valence-corrected chi connectivity index (χ1v) is 6.45. The van der Waals surface area contributed by atoms with Crippen LogP contribution >= 0.6 is 0 Å². The normalized spacial score (nSPS) is 10.3. The third-order valence-electron chi connectivity index (χ3n) is 2.70. The summed E-state index contributed by atoms with van der Waals surface area (Å²) in [6.07, 6.45) is 0. The Hall–Kier alpha value is -1.75. The Morgan fingerprint density at radius 1 is 1.32 bits per heavy atom. The second-order valence-corrected chi connectivity index (χ2v) is 4.12. The van der Waals surface area contributed by atoms with E-state index in [0.717, 1.165) is 5.69 Å². The predicted molar refractivity (Wildman–Crippen MR) is 76.6 cm³/mol. The zero-order chi connectivity index (χ0) is 14.3. The maximum atomic E-state index is 11.9. The molecule has 0 aromatic heterocycles. The molecule has 0 saturated carbocycles. The lowest BCUT2D eigenvalue weighted by molar-refractivity contribution is 0.0527. The monoisotopic (exact) mass is 266 g/mol. The Balaban J connectivity index is 2.89. The molecule has 0 atom stereocenters. The average Bonchev–Trinajstić information content (AvgIpc) is 2.39. The second-order valence-electron chi connectivity index (χ2n) is 4.12. The molecule has 5 nitrogen and oxygen atoms in total. The molecule has 1 aromatic carbocycles. The highest BCUT2D eigenvalue weighted by Crippen LogP contribution is 2.23. The number of hydrogen-bond donors (Lipinski definition) is 1. The highest BCUT2D eigenvalue weighted by atomic mass is 16.5. The van der Waals surface area contributed by atoms with E-state index in [1.807, 2.05) is 24.9 Å². The van der Waals surface area contributed by atoms with Crippen molar-refractivity contribution in [3.63, 3.8) is 0 Å². The zero-order valence-corrected chi connectivity index (χ0v) is 11.8. The van der Waals surface area contributed by atoms with Gasteiger partial charge in [0.1, 0.15) is 0 Å². The summed E-state index contributed by atoms with van der Waals surface area (Å²) in [6.45, 7) is 6.07. The number of carbonyl (C=O) groups is 1. The van der Waals surface area contributed by atoms with Gasteiger partial charge >= 0.3 is 5.97 Å². The zero-order valence-electron chi connectivity index (χ0n) is 11.8. The van der Waals surface area contributed by atoms with E-state index in [-0.39, 0.29) is 5.97 Å². The van der Waals surface area contributed by atoms with E-state index in [1.165, 1.54) is 0 Å². The van der Waals surface area contributed by atoms with Crippen molar-refractivity contribution in [3.05, 3.63) is 23.8 Å². The highest BCUT2D eigenvalue weighted by Gasteiger charge is 2.15. The van der Waals surface area contributed by atoms with Crippen molar-refractivity contribution in [3.8, 4) is 0 Å². The predicted octanol–water partition coefficient (Wildman–Crippen LogP) is 1.92. The molecule has 0 spiro atoms. The lowest BCUT2D eigenvalue weighted by Crippen LogP contribution is -2.25. The molecule has 0 unspecified atom stereocenters. The van der Waals surface area contributed by atoms with Crippen LogP contribution < -0.4 is 10.6 Å². The van der Waals surface area contributed by atoms with Crippen LogP contribution in [0.2, 0.25) is 0 Å². The van der Waals surface area contributed by atoms with Gasteiger partial charge in [-0.2, -0.15) is 0 Å². The molecule has 0 aliphatic heterocycles. The van der Waals surface area contributed by atoms with E-state index >= 15 is 0 Å². The maximum absolute atomic E-state index is 11.9. The Morgan fingerprint density at radius 2 is 2.05 bits per heavy atom. The number of nitrogens with zero attached hydrogens (tertiary/aromatic N) is 1. The van der Waals surface area contributed by atoms with Crippen molar-refractivity contribution in [1.29, 1.82) is 0 Å². The van der Waals surface area contributed by atoms with Crippen LogP contribution in [0.25, 0.3) is 0 Å². The number of benzene rings is 1. The fraction of sp³-hybridized carbons (Fsp3) is 0.500. The number of nitrogen functional groups attached to an aromatic ring is 1. The number of esters is 1. The van der Waals surface area contributed by atoms with Gasteiger partial charge in [0.15, 0.2) is 0 Å². The van der Waals surface area contributed by atoms with E-state index in [4.69, 9.17) is 15.2 Å². The molecule has 0 heterocycles. The second kappa shape index (κ2) is 7.63. The SMILES string of the molecule is CCOCCN(C)c1ccc(N)cc1C(=O)OCC. The summed E-state index contributed by atoms with van der Waals surface area (Å²) in [6, 6.07) is 5.24. The van der Waals surface area contributed by atoms with Gasteiger partial charge in [0, 0.05) is 25.9 Å². The molecule has 106 valence electrons. The minimum absolute atomic E-state index is 0.343. The van der Waals surface area contributed by atoms with E-state index < -0.39 is 0 Å². The third-order valence-corrected chi connectivity index (χ3v) is 2.70. The highest BCUT2D eigenvalue weighted by molar-refractivity contribution is 5.97. The summed E-state index contributed by atoms with van der Waals surface area (Å²) >= 11 is 0.